The molecule has 0 spiro atoms. The molecule has 5 rings (SSSR count). The number of methoxy groups -OCH3 is 1. The highest BCUT2D eigenvalue weighted by Crippen LogP contribution is 2.51. The van der Waals surface area contributed by atoms with Crippen LogP contribution in [-0.4, -0.2) is 48.1 Å². The molecule has 2 unspecified atom stereocenters. The number of hydrogen-bond acceptors (Lipinski definition) is 5. The van der Waals surface area contributed by atoms with Gasteiger partial charge in [0.1, 0.15) is 22.6 Å². The maximum atomic E-state index is 14.7. The Balaban J connectivity index is 1.50. The Hall–Kier alpha value is -2.94. The molecule has 9 heteroatoms. The van der Waals surface area contributed by atoms with E-state index in [2.05, 4.69) is 5.32 Å². The zero-order valence-electron chi connectivity index (χ0n) is 23.3. The van der Waals surface area contributed by atoms with Crippen LogP contribution >= 0.6 is 23.4 Å². The van der Waals surface area contributed by atoms with Gasteiger partial charge >= 0.3 is 0 Å². The summed E-state index contributed by atoms with van der Waals surface area (Å²) in [6.45, 7) is 1.78. The van der Waals surface area contributed by atoms with Gasteiger partial charge in [0.2, 0.25) is 5.91 Å². The monoisotopic (exact) mass is 598 g/mol. The first-order valence-electron chi connectivity index (χ1n) is 13.8. The first-order chi connectivity index (χ1) is 19.7. The molecule has 41 heavy (non-hydrogen) atoms. The van der Waals surface area contributed by atoms with Crippen molar-refractivity contribution in [1.29, 1.82) is 0 Å². The summed E-state index contributed by atoms with van der Waals surface area (Å²) in [6, 6.07) is 15.6. The van der Waals surface area contributed by atoms with Crippen LogP contribution < -0.4 is 10.1 Å². The molecule has 1 heterocycles. The van der Waals surface area contributed by atoms with Gasteiger partial charge in [-0.05, 0) is 81.1 Å². The molecule has 0 aromatic heterocycles. The predicted octanol–water partition coefficient (Wildman–Crippen LogP) is 7.16. The summed E-state index contributed by atoms with van der Waals surface area (Å²) >= 11 is 7.68. The summed E-state index contributed by atoms with van der Waals surface area (Å²) in [5, 5.41) is 1.48. The Labute approximate surface area is 248 Å². The van der Waals surface area contributed by atoms with Crippen molar-refractivity contribution in [3.05, 3.63) is 82.9 Å². The van der Waals surface area contributed by atoms with Crippen LogP contribution in [0.3, 0.4) is 0 Å². The molecule has 1 saturated carbocycles. The number of amides is 1. The van der Waals surface area contributed by atoms with Crippen molar-refractivity contribution in [2.24, 2.45) is 0 Å². The largest absolute Gasteiger partial charge is 0.496 e. The highest BCUT2D eigenvalue weighted by atomic mass is 35.5. The van der Waals surface area contributed by atoms with E-state index in [0.717, 1.165) is 66.3 Å². The van der Waals surface area contributed by atoms with Crippen molar-refractivity contribution in [2.75, 3.05) is 14.2 Å². The number of halogens is 3. The molecule has 3 aromatic rings. The lowest BCUT2D eigenvalue weighted by molar-refractivity contribution is -0.134. The molecule has 2 atom stereocenters. The highest BCUT2D eigenvalue weighted by Gasteiger charge is 2.44. The van der Waals surface area contributed by atoms with Crippen LogP contribution in [0.2, 0.25) is 0 Å². The third kappa shape index (κ3) is 6.01. The van der Waals surface area contributed by atoms with Gasteiger partial charge in [0.05, 0.1) is 17.4 Å². The minimum absolute atomic E-state index is 0.0203. The molecule has 1 N–H and O–H groups in total. The Morgan fingerprint density at radius 3 is 2.39 bits per heavy atom. The molecule has 1 aliphatic carbocycles. The number of nitrogens with zero attached hydrogens (tertiary/aromatic N) is 1. The van der Waals surface area contributed by atoms with E-state index in [1.54, 1.807) is 13.2 Å². The second-order valence-electron chi connectivity index (χ2n) is 10.6. The summed E-state index contributed by atoms with van der Waals surface area (Å²) in [7, 11) is 3.53. The fourth-order valence-electron chi connectivity index (χ4n) is 5.85. The number of ether oxygens (including phenoxy) is 1. The lowest BCUT2D eigenvalue weighted by Gasteiger charge is -2.38. The zero-order chi connectivity index (χ0) is 29.3. The Bertz CT molecular complexity index is 1460. The summed E-state index contributed by atoms with van der Waals surface area (Å²) in [4.78, 5) is 28.2. The molecule has 1 aliphatic heterocycles. The Morgan fingerprint density at radius 1 is 1.02 bits per heavy atom. The number of carbonyl (C=O) groups excluding carboxylic acids is 2. The number of hydrogen-bond donors (Lipinski definition) is 1. The van der Waals surface area contributed by atoms with Crippen molar-refractivity contribution >= 4 is 35.1 Å². The van der Waals surface area contributed by atoms with Gasteiger partial charge in [-0.25, -0.2) is 8.78 Å². The smallest absolute Gasteiger partial charge is 0.238 e. The molecule has 0 bridgehead atoms. The van der Waals surface area contributed by atoms with Crippen LogP contribution in [-0.2, 0) is 11.3 Å². The summed E-state index contributed by atoms with van der Waals surface area (Å²) in [6.07, 6.45) is 3.40. The molecule has 5 nitrogen and oxygen atoms in total. The lowest BCUT2D eigenvalue weighted by Crippen LogP contribution is -2.47. The van der Waals surface area contributed by atoms with Crippen LogP contribution in [0.1, 0.15) is 59.5 Å². The van der Waals surface area contributed by atoms with Crippen LogP contribution in [0.25, 0.3) is 11.1 Å². The Morgan fingerprint density at radius 2 is 1.73 bits per heavy atom. The van der Waals surface area contributed by atoms with E-state index in [4.69, 9.17) is 16.3 Å². The fourth-order valence-corrected chi connectivity index (χ4v) is 7.67. The maximum Gasteiger partial charge on any atom is 0.238 e. The second kappa shape index (κ2) is 12.5. The molecular weight excluding hydrogens is 566 g/mol. The normalized spacial score (nSPS) is 21.8. The van der Waals surface area contributed by atoms with Gasteiger partial charge in [-0.15, -0.1) is 23.4 Å². The molecule has 2 aliphatic rings. The molecule has 0 saturated heterocycles. The fraction of sp³-hybridized carbons (Fsp3) is 0.375. The second-order valence-corrected chi connectivity index (χ2v) is 12.3. The lowest BCUT2D eigenvalue weighted by atomic mass is 9.89. The first-order valence-corrected chi connectivity index (χ1v) is 15.1. The molecular formula is C32H33ClF2N2O3S. The first kappa shape index (κ1) is 29.5. The number of fused-ring (bicyclic) bond motifs is 1. The third-order valence-corrected chi connectivity index (χ3v) is 10.2. The summed E-state index contributed by atoms with van der Waals surface area (Å²) < 4.78 is 35.0. The van der Waals surface area contributed by atoms with Crippen LogP contribution in [0.4, 0.5) is 8.78 Å². The number of carbonyl (C=O) groups is 2. The van der Waals surface area contributed by atoms with Gasteiger partial charge in [-0.3, -0.25) is 9.59 Å². The quantitative estimate of drug-likeness (QED) is 0.220. The number of benzene rings is 3. The van der Waals surface area contributed by atoms with Crippen molar-refractivity contribution in [3.8, 4) is 16.9 Å². The number of Topliss-reactive ketones (excluding diaryl/α,β-unsaturated/α-hetero) is 1. The average molecular weight is 599 g/mol. The third-order valence-electron chi connectivity index (χ3n) is 8.18. The minimum atomic E-state index is -0.989. The van der Waals surface area contributed by atoms with Crippen LogP contribution in [0.15, 0.2) is 59.5 Å². The van der Waals surface area contributed by atoms with Gasteiger partial charge in [-0.1, -0.05) is 24.3 Å². The Kier molecular flexibility index (Phi) is 9.02. The van der Waals surface area contributed by atoms with Crippen LogP contribution in [0, 0.1) is 11.6 Å². The molecule has 1 amide bonds. The number of rotatable bonds is 8. The highest BCUT2D eigenvalue weighted by molar-refractivity contribution is 8.01. The van der Waals surface area contributed by atoms with Gasteiger partial charge in [0, 0.05) is 35.3 Å². The maximum absolute atomic E-state index is 14.7. The van der Waals surface area contributed by atoms with E-state index in [0.29, 0.717) is 17.4 Å². The van der Waals surface area contributed by atoms with Gasteiger partial charge in [0.25, 0.3) is 0 Å². The van der Waals surface area contributed by atoms with E-state index in [9.17, 15) is 18.4 Å². The zero-order valence-corrected chi connectivity index (χ0v) is 24.8. The van der Waals surface area contributed by atoms with E-state index < -0.39 is 22.3 Å². The molecule has 1 fully saturated rings. The van der Waals surface area contributed by atoms with Crippen molar-refractivity contribution in [2.45, 2.75) is 66.8 Å². The van der Waals surface area contributed by atoms with Gasteiger partial charge in [-0.2, -0.15) is 0 Å². The number of nitrogens with one attached hydrogen (secondary N) is 1. The van der Waals surface area contributed by atoms with Crippen molar-refractivity contribution < 1.29 is 23.1 Å². The minimum Gasteiger partial charge on any atom is -0.496 e. The van der Waals surface area contributed by atoms with Crippen LogP contribution in [0.5, 0.6) is 5.75 Å². The van der Waals surface area contributed by atoms with E-state index in [1.807, 2.05) is 48.3 Å². The molecule has 3 aromatic carbocycles. The SMILES string of the molecule is CNC1CCC(N(Cc2cc(-c3cccc(C(C)=O)c3)ccc2OC)C(=O)C2Sc3c(F)ccc(F)c3C2Cl)CC1. The van der Waals surface area contributed by atoms with Gasteiger partial charge in [0.15, 0.2) is 5.78 Å². The van der Waals surface area contributed by atoms with E-state index >= 15 is 0 Å². The number of alkyl halides is 1. The predicted molar refractivity (Wildman–Crippen MR) is 159 cm³/mol. The topological polar surface area (TPSA) is 58.6 Å². The van der Waals surface area contributed by atoms with E-state index in [1.165, 1.54) is 6.92 Å². The molecule has 216 valence electrons. The summed E-state index contributed by atoms with van der Waals surface area (Å²) in [5.41, 5.74) is 3.23. The van der Waals surface area contributed by atoms with Crippen molar-refractivity contribution in [1.82, 2.24) is 10.2 Å². The average Bonchev–Trinajstić information content (AvgIpc) is 3.35. The molecule has 0 radical (unpaired) electrons. The van der Waals surface area contributed by atoms with E-state index in [-0.39, 0.29) is 34.7 Å². The standard InChI is InChI=1S/C32H33ClF2N2O3S/c1-18(38)19-5-4-6-20(15-19)21-7-14-27(40-3)22(16-21)17-37(24-10-8-23(36-2)9-11-24)32(39)31-29(33)28-25(34)12-13-26(35)30(28)41-31/h4-7,12-16,23-24,29,31,36H,8-11,17H2,1-3H3. The number of thioether (sulfide) groups is 1. The van der Waals surface area contributed by atoms with Gasteiger partial charge < -0.3 is 15.0 Å². The number of ketones is 1. The summed E-state index contributed by atoms with van der Waals surface area (Å²) in [5.74, 6) is -0.819. The van der Waals surface area contributed by atoms with Crippen molar-refractivity contribution in [3.63, 3.8) is 0 Å².